The summed E-state index contributed by atoms with van der Waals surface area (Å²) in [7, 11) is -3.44. The number of carbonyl (C=O) groups excluding carboxylic acids is 1. The summed E-state index contributed by atoms with van der Waals surface area (Å²) in [5.74, 6) is -0.649. The number of hydrogen-bond donors (Lipinski definition) is 1. The molecule has 0 aromatic carbocycles. The second-order valence-corrected chi connectivity index (χ2v) is 7.92. The van der Waals surface area contributed by atoms with Crippen molar-refractivity contribution < 1.29 is 17.9 Å². The first kappa shape index (κ1) is 18.4. The molecule has 0 aromatic rings. The molecule has 1 N–H and O–H groups in total. The molecule has 0 aliphatic carbocycles. The maximum Gasteiger partial charge on any atom is 0.324 e. The van der Waals surface area contributed by atoms with E-state index in [1.807, 2.05) is 6.92 Å². The fourth-order valence-corrected chi connectivity index (χ4v) is 2.95. The predicted molar refractivity (Wildman–Crippen MR) is 76.3 cm³/mol. The second-order valence-electron chi connectivity index (χ2n) is 6.05. The topological polar surface area (TPSA) is 72.5 Å². The summed E-state index contributed by atoms with van der Waals surface area (Å²) < 4.78 is 31.4. The third-order valence-electron chi connectivity index (χ3n) is 2.40. The average Bonchev–Trinajstić information content (AvgIpc) is 2.20. The first-order valence-corrected chi connectivity index (χ1v) is 8.36. The molecule has 6 heteroatoms. The van der Waals surface area contributed by atoms with Gasteiger partial charge in [0.1, 0.15) is 11.6 Å². The van der Waals surface area contributed by atoms with E-state index in [2.05, 4.69) is 4.72 Å². The van der Waals surface area contributed by atoms with E-state index < -0.39 is 27.6 Å². The highest BCUT2D eigenvalue weighted by Crippen LogP contribution is 2.13. The maximum absolute atomic E-state index is 12.0. The molecule has 114 valence electrons. The minimum absolute atomic E-state index is 0.0372. The van der Waals surface area contributed by atoms with Gasteiger partial charge in [-0.15, -0.1) is 0 Å². The van der Waals surface area contributed by atoms with Gasteiger partial charge in [-0.2, -0.15) is 0 Å². The Balaban J connectivity index is 4.80. The monoisotopic (exact) mass is 293 g/mol. The Morgan fingerprint density at radius 3 is 2.16 bits per heavy atom. The van der Waals surface area contributed by atoms with Crippen molar-refractivity contribution in [2.24, 2.45) is 5.92 Å². The lowest BCUT2D eigenvalue weighted by Gasteiger charge is -2.26. The van der Waals surface area contributed by atoms with Gasteiger partial charge < -0.3 is 4.74 Å². The van der Waals surface area contributed by atoms with E-state index in [0.717, 1.165) is 6.42 Å². The van der Waals surface area contributed by atoms with Crippen LogP contribution in [0.1, 0.15) is 54.4 Å². The molecule has 0 aliphatic heterocycles. The highest BCUT2D eigenvalue weighted by atomic mass is 32.2. The molecule has 19 heavy (non-hydrogen) atoms. The van der Waals surface area contributed by atoms with Crippen LogP contribution in [0.15, 0.2) is 0 Å². The van der Waals surface area contributed by atoms with Crippen LogP contribution in [-0.2, 0) is 19.6 Å². The average molecular weight is 293 g/mol. The molecule has 1 atom stereocenters. The SMILES string of the molecule is CCCCS(=O)(=O)N[C@@H](C(=O)OC(C)(C)C)C(C)C. The van der Waals surface area contributed by atoms with Crippen LogP contribution in [0, 0.1) is 5.92 Å². The zero-order valence-electron chi connectivity index (χ0n) is 12.8. The standard InChI is InChI=1S/C13H27NO4S/c1-7-8-9-19(16,17)14-11(10(2)3)12(15)18-13(4,5)6/h10-11,14H,7-9H2,1-6H3/t11-/m1/s1. The van der Waals surface area contributed by atoms with Crippen molar-refractivity contribution in [2.45, 2.75) is 66.0 Å². The fraction of sp³-hybridized carbons (Fsp3) is 0.923. The summed E-state index contributed by atoms with van der Waals surface area (Å²) in [5, 5.41) is 0. The van der Waals surface area contributed by atoms with E-state index in [9.17, 15) is 13.2 Å². The quantitative estimate of drug-likeness (QED) is 0.729. The Hall–Kier alpha value is -0.620. The van der Waals surface area contributed by atoms with Gasteiger partial charge in [-0.05, 0) is 33.1 Å². The van der Waals surface area contributed by atoms with Gasteiger partial charge in [-0.1, -0.05) is 27.2 Å². The molecule has 0 unspecified atom stereocenters. The molecule has 0 aliphatic rings. The van der Waals surface area contributed by atoms with Gasteiger partial charge in [0, 0.05) is 0 Å². The van der Waals surface area contributed by atoms with E-state index in [0.29, 0.717) is 6.42 Å². The van der Waals surface area contributed by atoms with E-state index in [4.69, 9.17) is 4.74 Å². The fourth-order valence-electron chi connectivity index (χ4n) is 1.41. The molecule has 0 rings (SSSR count). The Morgan fingerprint density at radius 1 is 1.26 bits per heavy atom. The Kier molecular flexibility index (Phi) is 7.00. The highest BCUT2D eigenvalue weighted by Gasteiger charge is 2.31. The summed E-state index contributed by atoms with van der Waals surface area (Å²) in [4.78, 5) is 12.0. The predicted octanol–water partition coefficient (Wildman–Crippen LogP) is 2.07. The third-order valence-corrected chi connectivity index (χ3v) is 3.84. The Labute approximate surface area is 117 Å². The molecular formula is C13H27NO4S. The van der Waals surface area contributed by atoms with E-state index in [1.54, 1.807) is 34.6 Å². The molecule has 0 saturated heterocycles. The van der Waals surface area contributed by atoms with Crippen molar-refractivity contribution in [2.75, 3.05) is 5.75 Å². The lowest BCUT2D eigenvalue weighted by Crippen LogP contribution is -2.47. The number of unbranched alkanes of at least 4 members (excludes halogenated alkanes) is 1. The van der Waals surface area contributed by atoms with E-state index in [-0.39, 0.29) is 11.7 Å². The van der Waals surface area contributed by atoms with Gasteiger partial charge in [-0.3, -0.25) is 4.79 Å². The smallest absolute Gasteiger partial charge is 0.324 e. The molecule has 0 heterocycles. The first-order valence-electron chi connectivity index (χ1n) is 6.71. The number of sulfonamides is 1. The number of esters is 1. The van der Waals surface area contributed by atoms with Crippen molar-refractivity contribution in [3.63, 3.8) is 0 Å². The van der Waals surface area contributed by atoms with Crippen LogP contribution in [0.5, 0.6) is 0 Å². The number of carbonyl (C=O) groups is 1. The second kappa shape index (κ2) is 7.24. The lowest BCUT2D eigenvalue weighted by atomic mass is 10.1. The molecule has 0 spiro atoms. The number of hydrogen-bond acceptors (Lipinski definition) is 4. The zero-order chi connectivity index (χ0) is 15.3. The third kappa shape index (κ3) is 8.21. The number of rotatable bonds is 7. The lowest BCUT2D eigenvalue weighted by molar-refractivity contribution is -0.158. The molecule has 5 nitrogen and oxygen atoms in total. The van der Waals surface area contributed by atoms with Gasteiger partial charge in [0.2, 0.25) is 10.0 Å². The van der Waals surface area contributed by atoms with Crippen LogP contribution in [-0.4, -0.2) is 31.8 Å². The minimum Gasteiger partial charge on any atom is -0.459 e. The van der Waals surface area contributed by atoms with E-state index >= 15 is 0 Å². The minimum atomic E-state index is -3.44. The molecule has 0 radical (unpaired) electrons. The van der Waals surface area contributed by atoms with Gasteiger partial charge in [0.05, 0.1) is 5.75 Å². The molecule has 0 aromatic heterocycles. The van der Waals surface area contributed by atoms with Gasteiger partial charge in [0.25, 0.3) is 0 Å². The van der Waals surface area contributed by atoms with Gasteiger partial charge >= 0.3 is 5.97 Å². The van der Waals surface area contributed by atoms with Crippen LogP contribution in [0.3, 0.4) is 0 Å². The van der Waals surface area contributed by atoms with Crippen molar-refractivity contribution in [3.8, 4) is 0 Å². The van der Waals surface area contributed by atoms with Crippen LogP contribution in [0.25, 0.3) is 0 Å². The summed E-state index contributed by atoms with van der Waals surface area (Å²) in [5.41, 5.74) is -0.626. The van der Waals surface area contributed by atoms with Crippen molar-refractivity contribution in [3.05, 3.63) is 0 Å². The van der Waals surface area contributed by atoms with Gasteiger partial charge in [0.15, 0.2) is 0 Å². The summed E-state index contributed by atoms with van der Waals surface area (Å²) in [6, 6.07) is -0.832. The Morgan fingerprint density at radius 2 is 1.79 bits per heavy atom. The molecule has 0 bridgehead atoms. The normalized spacial score (nSPS) is 14.5. The maximum atomic E-state index is 12.0. The van der Waals surface area contributed by atoms with Gasteiger partial charge in [-0.25, -0.2) is 13.1 Å². The van der Waals surface area contributed by atoms with Crippen LogP contribution >= 0.6 is 0 Å². The van der Waals surface area contributed by atoms with E-state index in [1.165, 1.54) is 0 Å². The molecule has 0 fully saturated rings. The van der Waals surface area contributed by atoms with Crippen molar-refractivity contribution in [1.29, 1.82) is 0 Å². The van der Waals surface area contributed by atoms with Crippen LogP contribution in [0.4, 0.5) is 0 Å². The Bertz CT molecular complexity index is 382. The molecular weight excluding hydrogens is 266 g/mol. The van der Waals surface area contributed by atoms with Crippen molar-refractivity contribution >= 4 is 16.0 Å². The summed E-state index contributed by atoms with van der Waals surface area (Å²) in [6.07, 6.45) is 1.37. The summed E-state index contributed by atoms with van der Waals surface area (Å²) in [6.45, 7) is 10.8. The number of nitrogens with one attached hydrogen (secondary N) is 1. The highest BCUT2D eigenvalue weighted by molar-refractivity contribution is 7.89. The largest absolute Gasteiger partial charge is 0.459 e. The first-order chi connectivity index (χ1) is 8.48. The molecule has 0 amide bonds. The van der Waals surface area contributed by atoms with Crippen LogP contribution < -0.4 is 4.72 Å². The number of ether oxygens (including phenoxy) is 1. The van der Waals surface area contributed by atoms with Crippen LogP contribution in [0.2, 0.25) is 0 Å². The molecule has 0 saturated carbocycles. The van der Waals surface area contributed by atoms with Crippen molar-refractivity contribution in [1.82, 2.24) is 4.72 Å². The summed E-state index contributed by atoms with van der Waals surface area (Å²) >= 11 is 0. The zero-order valence-corrected chi connectivity index (χ0v) is 13.6.